The molecule has 4 rings (SSSR count). The zero-order chi connectivity index (χ0) is 14.1. The van der Waals surface area contributed by atoms with Crippen LogP contribution in [0.1, 0.15) is 23.9 Å². The van der Waals surface area contributed by atoms with Gasteiger partial charge < -0.3 is 10.1 Å². The molecule has 5 nitrogen and oxygen atoms in total. The highest BCUT2D eigenvalue weighted by molar-refractivity contribution is 5.25. The van der Waals surface area contributed by atoms with Crippen molar-refractivity contribution in [1.82, 2.24) is 20.3 Å². The lowest BCUT2D eigenvalue weighted by Gasteiger charge is -2.18. The van der Waals surface area contributed by atoms with Gasteiger partial charge in [0.2, 0.25) is 0 Å². The normalized spacial score (nSPS) is 31.4. The highest BCUT2D eigenvalue weighted by Crippen LogP contribution is 2.46. The predicted octanol–water partition coefficient (Wildman–Crippen LogP) is 1.61. The Morgan fingerprint density at radius 1 is 1.24 bits per heavy atom. The molecule has 0 spiro atoms. The Bertz CT molecular complexity index is 571. The second-order valence-electron chi connectivity index (χ2n) is 6.02. The summed E-state index contributed by atoms with van der Waals surface area (Å²) in [6.45, 7) is 2.53. The van der Waals surface area contributed by atoms with Gasteiger partial charge in [0.15, 0.2) is 0 Å². The molecule has 1 saturated carbocycles. The SMILES string of the molecule is c1ccc([C@@H]2C[C@H]2CN[C@H]2COC[C@H]2n2ccnn2)cc1. The summed E-state index contributed by atoms with van der Waals surface area (Å²) >= 11 is 0. The summed E-state index contributed by atoms with van der Waals surface area (Å²) in [4.78, 5) is 0. The molecule has 21 heavy (non-hydrogen) atoms. The van der Waals surface area contributed by atoms with E-state index < -0.39 is 0 Å². The highest BCUT2D eigenvalue weighted by atomic mass is 16.5. The van der Waals surface area contributed by atoms with Crippen molar-refractivity contribution in [1.29, 1.82) is 0 Å². The Balaban J connectivity index is 1.32. The van der Waals surface area contributed by atoms with Crippen molar-refractivity contribution < 1.29 is 4.74 Å². The van der Waals surface area contributed by atoms with Crippen LogP contribution in [-0.4, -0.2) is 40.8 Å². The van der Waals surface area contributed by atoms with E-state index in [1.165, 1.54) is 12.0 Å². The maximum Gasteiger partial charge on any atom is 0.0945 e. The van der Waals surface area contributed by atoms with Gasteiger partial charge in [0.25, 0.3) is 0 Å². The van der Waals surface area contributed by atoms with Crippen LogP contribution in [-0.2, 0) is 4.74 Å². The standard InChI is InChI=1S/C16H20N4O/c1-2-4-12(5-3-1)14-8-13(14)9-17-15-10-21-11-16(15)20-7-6-18-19-20/h1-7,13-17H,8-11H2/t13-,14-,15-,16+/m0/s1. The molecule has 0 unspecified atom stereocenters. The number of benzene rings is 1. The number of rotatable bonds is 5. The quantitative estimate of drug-likeness (QED) is 0.906. The lowest BCUT2D eigenvalue weighted by Crippen LogP contribution is -2.38. The third kappa shape index (κ3) is 2.71. The Hall–Kier alpha value is -1.72. The summed E-state index contributed by atoms with van der Waals surface area (Å²) in [5.74, 6) is 1.48. The van der Waals surface area contributed by atoms with E-state index in [4.69, 9.17) is 4.74 Å². The van der Waals surface area contributed by atoms with Crippen LogP contribution < -0.4 is 5.32 Å². The molecule has 4 atom stereocenters. The van der Waals surface area contributed by atoms with E-state index >= 15 is 0 Å². The van der Waals surface area contributed by atoms with Crippen LogP contribution in [0, 0.1) is 5.92 Å². The minimum absolute atomic E-state index is 0.265. The topological polar surface area (TPSA) is 52.0 Å². The second-order valence-corrected chi connectivity index (χ2v) is 6.02. The maximum atomic E-state index is 5.61. The van der Waals surface area contributed by atoms with E-state index in [0.717, 1.165) is 25.0 Å². The first kappa shape index (κ1) is 13.0. The molecule has 1 aliphatic carbocycles. The van der Waals surface area contributed by atoms with E-state index in [9.17, 15) is 0 Å². The van der Waals surface area contributed by atoms with Gasteiger partial charge in [-0.15, -0.1) is 5.10 Å². The van der Waals surface area contributed by atoms with Crippen LogP contribution in [0.15, 0.2) is 42.7 Å². The molecule has 1 saturated heterocycles. The zero-order valence-corrected chi connectivity index (χ0v) is 11.9. The third-order valence-corrected chi connectivity index (χ3v) is 4.62. The van der Waals surface area contributed by atoms with Crippen molar-refractivity contribution in [3.05, 3.63) is 48.3 Å². The summed E-state index contributed by atoms with van der Waals surface area (Å²) in [6.07, 6.45) is 4.93. The van der Waals surface area contributed by atoms with Crippen LogP contribution in [0.3, 0.4) is 0 Å². The van der Waals surface area contributed by atoms with E-state index in [1.54, 1.807) is 6.20 Å². The van der Waals surface area contributed by atoms with Crippen LogP contribution in [0.2, 0.25) is 0 Å². The number of aromatic nitrogens is 3. The van der Waals surface area contributed by atoms with Crippen molar-refractivity contribution >= 4 is 0 Å². The number of nitrogens with one attached hydrogen (secondary N) is 1. The van der Waals surface area contributed by atoms with Crippen LogP contribution in [0.25, 0.3) is 0 Å². The average Bonchev–Trinajstić information content (AvgIpc) is 2.93. The first-order valence-electron chi connectivity index (χ1n) is 7.63. The molecule has 5 heteroatoms. The molecule has 110 valence electrons. The van der Waals surface area contributed by atoms with Crippen LogP contribution >= 0.6 is 0 Å². The number of ether oxygens (including phenoxy) is 1. The molecular weight excluding hydrogens is 264 g/mol. The Morgan fingerprint density at radius 2 is 2.14 bits per heavy atom. The van der Waals surface area contributed by atoms with Crippen molar-refractivity contribution in [3.63, 3.8) is 0 Å². The predicted molar refractivity (Wildman–Crippen MR) is 79.0 cm³/mol. The fraction of sp³-hybridized carbons (Fsp3) is 0.500. The highest BCUT2D eigenvalue weighted by Gasteiger charge is 2.39. The Kier molecular flexibility index (Phi) is 3.45. The second kappa shape index (κ2) is 5.58. The van der Waals surface area contributed by atoms with E-state index in [0.29, 0.717) is 12.6 Å². The number of hydrogen-bond acceptors (Lipinski definition) is 4. The number of nitrogens with zero attached hydrogens (tertiary/aromatic N) is 3. The molecule has 1 aromatic heterocycles. The maximum absolute atomic E-state index is 5.61. The van der Waals surface area contributed by atoms with E-state index in [-0.39, 0.29) is 6.04 Å². The average molecular weight is 284 g/mol. The van der Waals surface area contributed by atoms with Gasteiger partial charge in [-0.2, -0.15) is 0 Å². The third-order valence-electron chi connectivity index (χ3n) is 4.62. The Morgan fingerprint density at radius 3 is 2.95 bits per heavy atom. The molecule has 1 aromatic carbocycles. The molecular formula is C16H20N4O. The monoisotopic (exact) mass is 284 g/mol. The molecule has 2 heterocycles. The van der Waals surface area contributed by atoms with Gasteiger partial charge in [-0.3, -0.25) is 0 Å². The molecule has 0 radical (unpaired) electrons. The fourth-order valence-corrected chi connectivity index (χ4v) is 3.28. The lowest BCUT2D eigenvalue weighted by atomic mass is 10.1. The first-order valence-corrected chi connectivity index (χ1v) is 7.63. The van der Waals surface area contributed by atoms with Gasteiger partial charge in [0.05, 0.1) is 31.5 Å². The summed E-state index contributed by atoms with van der Waals surface area (Å²) in [7, 11) is 0. The van der Waals surface area contributed by atoms with Crippen LogP contribution in [0.4, 0.5) is 0 Å². The fourth-order valence-electron chi connectivity index (χ4n) is 3.28. The van der Waals surface area contributed by atoms with Gasteiger partial charge in [0.1, 0.15) is 0 Å². The smallest absolute Gasteiger partial charge is 0.0945 e. The molecule has 2 aliphatic rings. The molecule has 1 N–H and O–H groups in total. The minimum Gasteiger partial charge on any atom is -0.377 e. The van der Waals surface area contributed by atoms with Gasteiger partial charge in [-0.25, -0.2) is 4.68 Å². The van der Waals surface area contributed by atoms with Crippen LogP contribution in [0.5, 0.6) is 0 Å². The summed E-state index contributed by atoms with van der Waals surface area (Å²) in [5.41, 5.74) is 1.47. The molecule has 2 aromatic rings. The number of hydrogen-bond donors (Lipinski definition) is 1. The summed E-state index contributed by atoms with van der Waals surface area (Å²) in [5, 5.41) is 11.7. The Labute approximate surface area is 124 Å². The summed E-state index contributed by atoms with van der Waals surface area (Å²) in [6, 6.07) is 11.4. The van der Waals surface area contributed by atoms with Crippen molar-refractivity contribution in [3.8, 4) is 0 Å². The van der Waals surface area contributed by atoms with Gasteiger partial charge in [-0.1, -0.05) is 35.5 Å². The van der Waals surface area contributed by atoms with E-state index in [1.807, 2.05) is 10.9 Å². The molecule has 2 fully saturated rings. The lowest BCUT2D eigenvalue weighted by molar-refractivity contribution is 0.181. The molecule has 0 bridgehead atoms. The van der Waals surface area contributed by atoms with E-state index in [2.05, 4.69) is 46.0 Å². The van der Waals surface area contributed by atoms with Crippen molar-refractivity contribution in [2.75, 3.05) is 19.8 Å². The first-order chi connectivity index (χ1) is 10.4. The summed E-state index contributed by atoms with van der Waals surface area (Å²) < 4.78 is 7.52. The van der Waals surface area contributed by atoms with Gasteiger partial charge in [-0.05, 0) is 30.4 Å². The van der Waals surface area contributed by atoms with Gasteiger partial charge >= 0.3 is 0 Å². The molecule has 1 aliphatic heterocycles. The van der Waals surface area contributed by atoms with Crippen molar-refractivity contribution in [2.24, 2.45) is 5.92 Å². The zero-order valence-electron chi connectivity index (χ0n) is 11.9. The largest absolute Gasteiger partial charge is 0.377 e. The minimum atomic E-state index is 0.265. The van der Waals surface area contributed by atoms with Crippen molar-refractivity contribution in [2.45, 2.75) is 24.4 Å². The van der Waals surface area contributed by atoms with Gasteiger partial charge in [0, 0.05) is 6.20 Å². The molecule has 0 amide bonds.